The first-order chi connectivity index (χ1) is 22.1. The standard InChI is InChI=1S/C34H38N8O3S/c1-22-27-19-25(8-9-28(27)37-21-36-22)30-29(24-7-5-6-23(18-24)20-35)38-31(46-30)39-32(43)41-12-10-26(11-13-41)40-14-16-42(17-15-40)33(44)45-34(2,3)4/h5-9,18-19,21,26H,10-17H2,1-4H3,(H,38,39,43). The van der Waals surface area contributed by atoms with E-state index in [4.69, 9.17) is 9.72 Å². The average Bonchev–Trinajstić information content (AvgIpc) is 3.48. The Balaban J connectivity index is 1.13. The van der Waals surface area contributed by atoms with E-state index in [1.807, 2.05) is 62.9 Å². The largest absolute Gasteiger partial charge is 0.444 e. The number of hydrogen-bond donors (Lipinski definition) is 1. The number of thiazole rings is 1. The molecule has 0 aliphatic carbocycles. The maximum Gasteiger partial charge on any atom is 0.410 e. The van der Waals surface area contributed by atoms with Gasteiger partial charge in [-0.2, -0.15) is 5.26 Å². The maximum atomic E-state index is 13.4. The van der Waals surface area contributed by atoms with E-state index >= 15 is 0 Å². The Labute approximate surface area is 272 Å². The van der Waals surface area contributed by atoms with Crippen LogP contribution in [0.3, 0.4) is 0 Å². The summed E-state index contributed by atoms with van der Waals surface area (Å²) in [6.45, 7) is 11.8. The van der Waals surface area contributed by atoms with Gasteiger partial charge in [0.15, 0.2) is 5.13 Å². The van der Waals surface area contributed by atoms with Crippen LogP contribution in [0.15, 0.2) is 48.8 Å². The van der Waals surface area contributed by atoms with E-state index in [-0.39, 0.29) is 12.1 Å². The number of aromatic nitrogens is 3. The number of benzene rings is 2. The van der Waals surface area contributed by atoms with Gasteiger partial charge in [0.2, 0.25) is 0 Å². The summed E-state index contributed by atoms with van der Waals surface area (Å²) < 4.78 is 5.53. The first-order valence-electron chi connectivity index (χ1n) is 15.6. The third-order valence-electron chi connectivity index (χ3n) is 8.44. The Morgan fingerprint density at radius 1 is 0.978 bits per heavy atom. The van der Waals surface area contributed by atoms with Crippen LogP contribution in [0.5, 0.6) is 0 Å². The lowest BCUT2D eigenvalue weighted by atomic mass is 10.0. The lowest BCUT2D eigenvalue weighted by molar-refractivity contribution is 0.00684. The molecule has 0 saturated carbocycles. The molecule has 3 amide bonds. The number of amides is 3. The van der Waals surface area contributed by atoms with Crippen molar-refractivity contribution in [3.63, 3.8) is 0 Å². The number of likely N-dealkylation sites (tertiary alicyclic amines) is 1. The molecule has 2 saturated heterocycles. The lowest BCUT2D eigenvalue weighted by Gasteiger charge is -2.42. The van der Waals surface area contributed by atoms with Gasteiger partial charge >= 0.3 is 12.1 Å². The second kappa shape index (κ2) is 13.0. The molecule has 0 bridgehead atoms. The fraction of sp³-hybridized carbons (Fsp3) is 0.412. The van der Waals surface area contributed by atoms with Gasteiger partial charge in [0.25, 0.3) is 0 Å². The SMILES string of the molecule is Cc1ncnc2ccc(-c3sc(NC(=O)N4CCC(N5CCN(C(=O)OC(C)(C)C)CC5)CC4)nc3-c3cccc(C#N)c3)cc12. The van der Waals surface area contributed by atoms with Crippen LogP contribution < -0.4 is 5.32 Å². The second-order valence-corrected chi connectivity index (χ2v) is 13.7. The molecule has 4 aromatic rings. The van der Waals surface area contributed by atoms with Crippen molar-refractivity contribution < 1.29 is 14.3 Å². The van der Waals surface area contributed by atoms with Gasteiger partial charge in [0.05, 0.1) is 27.7 Å². The number of carbonyl (C=O) groups excluding carboxylic acids is 2. The van der Waals surface area contributed by atoms with E-state index in [9.17, 15) is 14.9 Å². The molecule has 2 fully saturated rings. The van der Waals surface area contributed by atoms with E-state index in [0.29, 0.717) is 48.6 Å². The second-order valence-electron chi connectivity index (χ2n) is 12.7. The number of ether oxygens (including phenoxy) is 1. The van der Waals surface area contributed by atoms with Crippen LogP contribution in [-0.2, 0) is 4.74 Å². The Morgan fingerprint density at radius 2 is 1.74 bits per heavy atom. The predicted octanol–water partition coefficient (Wildman–Crippen LogP) is 6.15. The Kier molecular flexibility index (Phi) is 8.88. The topological polar surface area (TPSA) is 128 Å². The molecule has 4 heterocycles. The maximum absolute atomic E-state index is 13.4. The number of nitriles is 1. The van der Waals surface area contributed by atoms with E-state index < -0.39 is 5.60 Å². The normalized spacial score (nSPS) is 16.3. The summed E-state index contributed by atoms with van der Waals surface area (Å²) in [7, 11) is 0. The zero-order valence-electron chi connectivity index (χ0n) is 26.6. The van der Waals surface area contributed by atoms with Crippen molar-refractivity contribution in [2.75, 3.05) is 44.6 Å². The van der Waals surface area contributed by atoms with Gasteiger partial charge in [-0.05, 0) is 70.4 Å². The molecule has 0 atom stereocenters. The molecule has 0 unspecified atom stereocenters. The van der Waals surface area contributed by atoms with Gasteiger partial charge in [-0.1, -0.05) is 29.5 Å². The van der Waals surface area contributed by atoms with Crippen molar-refractivity contribution in [1.82, 2.24) is 29.7 Å². The van der Waals surface area contributed by atoms with Gasteiger partial charge in [-0.3, -0.25) is 10.2 Å². The van der Waals surface area contributed by atoms with Crippen LogP contribution in [0.25, 0.3) is 32.6 Å². The zero-order chi connectivity index (χ0) is 32.4. The Hall–Kier alpha value is -4.60. The van der Waals surface area contributed by atoms with Crippen molar-refractivity contribution in [3.05, 3.63) is 60.0 Å². The van der Waals surface area contributed by atoms with Crippen molar-refractivity contribution in [1.29, 1.82) is 5.26 Å². The predicted molar refractivity (Wildman–Crippen MR) is 179 cm³/mol. The molecule has 12 heteroatoms. The number of aryl methyl sites for hydroxylation is 1. The molecule has 0 radical (unpaired) electrons. The summed E-state index contributed by atoms with van der Waals surface area (Å²) in [5, 5.41) is 14.0. The summed E-state index contributed by atoms with van der Waals surface area (Å²) in [5.41, 5.74) is 4.22. The monoisotopic (exact) mass is 638 g/mol. The quantitative estimate of drug-likeness (QED) is 0.282. The molecule has 2 aliphatic heterocycles. The molecule has 1 N–H and O–H groups in total. The molecular formula is C34H38N8O3S. The number of hydrogen-bond acceptors (Lipinski definition) is 9. The Morgan fingerprint density at radius 3 is 2.46 bits per heavy atom. The van der Waals surface area contributed by atoms with E-state index in [1.54, 1.807) is 17.3 Å². The number of nitrogens with zero attached hydrogens (tertiary/aromatic N) is 7. The van der Waals surface area contributed by atoms with Gasteiger partial charge < -0.3 is 14.5 Å². The number of carbonyl (C=O) groups is 2. The Bertz CT molecular complexity index is 1790. The lowest BCUT2D eigenvalue weighted by Crippen LogP contribution is -2.55. The van der Waals surface area contributed by atoms with E-state index in [1.165, 1.54) is 11.3 Å². The molecule has 2 aliphatic rings. The number of fused-ring (bicyclic) bond motifs is 1. The number of piperidine rings is 1. The van der Waals surface area contributed by atoms with Crippen LogP contribution in [0.1, 0.15) is 44.9 Å². The van der Waals surface area contributed by atoms with Gasteiger partial charge in [0, 0.05) is 62.0 Å². The minimum atomic E-state index is -0.503. The summed E-state index contributed by atoms with van der Waals surface area (Å²) in [4.78, 5) is 46.5. The van der Waals surface area contributed by atoms with Crippen molar-refractivity contribution in [2.45, 2.75) is 52.2 Å². The molecular weight excluding hydrogens is 600 g/mol. The molecule has 46 heavy (non-hydrogen) atoms. The van der Waals surface area contributed by atoms with E-state index in [2.05, 4.69) is 32.3 Å². The number of nitrogens with one attached hydrogen (secondary N) is 1. The third kappa shape index (κ3) is 6.95. The van der Waals surface area contributed by atoms with Crippen LogP contribution >= 0.6 is 11.3 Å². The number of piperazine rings is 1. The fourth-order valence-electron chi connectivity index (χ4n) is 6.03. The molecule has 0 spiro atoms. The molecule has 6 rings (SSSR count). The third-order valence-corrected chi connectivity index (χ3v) is 9.46. The van der Waals surface area contributed by atoms with Crippen molar-refractivity contribution >= 4 is 39.5 Å². The van der Waals surface area contributed by atoms with Gasteiger partial charge in [0.1, 0.15) is 11.9 Å². The van der Waals surface area contributed by atoms with Gasteiger partial charge in [-0.15, -0.1) is 0 Å². The zero-order valence-corrected chi connectivity index (χ0v) is 27.4. The summed E-state index contributed by atoms with van der Waals surface area (Å²) in [6.07, 6.45) is 3.04. The minimum absolute atomic E-state index is 0.173. The average molecular weight is 639 g/mol. The molecule has 11 nitrogen and oxygen atoms in total. The highest BCUT2D eigenvalue weighted by Crippen LogP contribution is 2.40. The first-order valence-corrected chi connectivity index (χ1v) is 16.4. The molecule has 2 aromatic heterocycles. The summed E-state index contributed by atoms with van der Waals surface area (Å²) in [5.74, 6) is 0. The van der Waals surface area contributed by atoms with Crippen LogP contribution in [0, 0.1) is 18.3 Å². The highest BCUT2D eigenvalue weighted by molar-refractivity contribution is 7.19. The smallest absolute Gasteiger partial charge is 0.410 e. The van der Waals surface area contributed by atoms with Crippen LogP contribution in [0.2, 0.25) is 0 Å². The van der Waals surface area contributed by atoms with Gasteiger partial charge in [-0.25, -0.2) is 24.5 Å². The summed E-state index contributed by atoms with van der Waals surface area (Å²) >= 11 is 1.41. The molecule has 238 valence electrons. The fourth-order valence-corrected chi connectivity index (χ4v) is 7.00. The van der Waals surface area contributed by atoms with E-state index in [0.717, 1.165) is 58.5 Å². The first kappa shape index (κ1) is 31.4. The van der Waals surface area contributed by atoms with Crippen LogP contribution in [-0.4, -0.2) is 92.7 Å². The molecule has 2 aromatic carbocycles. The number of anilines is 1. The van der Waals surface area contributed by atoms with Crippen LogP contribution in [0.4, 0.5) is 14.7 Å². The highest BCUT2D eigenvalue weighted by atomic mass is 32.1. The number of urea groups is 1. The highest BCUT2D eigenvalue weighted by Gasteiger charge is 2.32. The minimum Gasteiger partial charge on any atom is -0.444 e. The van der Waals surface area contributed by atoms with Crippen molar-refractivity contribution in [2.24, 2.45) is 0 Å². The van der Waals surface area contributed by atoms with Crippen molar-refractivity contribution in [3.8, 4) is 27.8 Å². The number of rotatable bonds is 4. The summed E-state index contributed by atoms with van der Waals surface area (Å²) in [6, 6.07) is 15.8.